The van der Waals surface area contributed by atoms with Crippen molar-refractivity contribution in [2.45, 2.75) is 104 Å². The first-order chi connectivity index (χ1) is 15.9. The molecule has 192 valence electrons. The van der Waals surface area contributed by atoms with Crippen molar-refractivity contribution in [1.82, 2.24) is 16.0 Å². The summed E-state index contributed by atoms with van der Waals surface area (Å²) in [5, 5.41) is 8.73. The molecule has 0 radical (unpaired) electrons. The van der Waals surface area contributed by atoms with Gasteiger partial charge in [-0.1, -0.05) is 58.6 Å². The van der Waals surface area contributed by atoms with Crippen LogP contribution in [0.2, 0.25) is 0 Å². The quantitative estimate of drug-likeness (QED) is 0.134. The molecule has 0 aromatic rings. The Morgan fingerprint density at radius 2 is 1.67 bits per heavy atom. The maximum absolute atomic E-state index is 12.3. The third-order valence-electron chi connectivity index (χ3n) is 5.90. The summed E-state index contributed by atoms with van der Waals surface area (Å²) >= 11 is 0. The second-order valence-electron chi connectivity index (χ2n) is 9.20. The molecule has 7 heteroatoms. The molecule has 0 rings (SSSR count). The maximum Gasteiger partial charge on any atom is 0.293 e. The molecule has 0 aliphatic carbocycles. The number of likely N-dealkylation sites (N-methyl/N-ethyl adjacent to an activating group) is 1. The number of nitrogens with one attached hydrogen (secondary N) is 3. The number of rotatable bonds is 21. The van der Waals surface area contributed by atoms with Crippen LogP contribution in [0.1, 0.15) is 91.4 Å². The summed E-state index contributed by atoms with van der Waals surface area (Å²) < 4.78 is 5.24. The normalized spacial score (nSPS) is 14.1. The molecule has 0 fully saturated rings. The molecule has 0 saturated heterocycles. The largest absolute Gasteiger partial charge is 0.465 e. The predicted molar refractivity (Wildman–Crippen MR) is 135 cm³/mol. The molecule has 3 N–H and O–H groups in total. The van der Waals surface area contributed by atoms with Crippen molar-refractivity contribution < 1.29 is 19.1 Å². The SMILES string of the molecule is CCCCCCCC(CC/C=C/CC(CCNC(=O)C(CC(C)C)NC)C(=O)NC)OC=O. The van der Waals surface area contributed by atoms with E-state index in [4.69, 9.17) is 4.74 Å². The molecule has 0 bridgehead atoms. The Kier molecular flexibility index (Phi) is 19.5. The van der Waals surface area contributed by atoms with Gasteiger partial charge in [0.2, 0.25) is 11.8 Å². The van der Waals surface area contributed by atoms with E-state index in [1.54, 1.807) is 14.1 Å². The van der Waals surface area contributed by atoms with E-state index in [1.807, 2.05) is 6.08 Å². The van der Waals surface area contributed by atoms with Crippen LogP contribution >= 0.6 is 0 Å². The van der Waals surface area contributed by atoms with Crippen LogP contribution in [0, 0.1) is 11.8 Å². The fourth-order valence-electron chi connectivity index (χ4n) is 3.88. The lowest BCUT2D eigenvalue weighted by Gasteiger charge is -2.19. The Bertz CT molecular complexity index is 552. The molecular formula is C26H49N3O4. The van der Waals surface area contributed by atoms with Crippen LogP contribution in [0.3, 0.4) is 0 Å². The molecule has 3 atom stereocenters. The number of hydrogen-bond acceptors (Lipinski definition) is 5. The highest BCUT2D eigenvalue weighted by atomic mass is 16.5. The maximum atomic E-state index is 12.3. The smallest absolute Gasteiger partial charge is 0.293 e. The first-order valence-electron chi connectivity index (χ1n) is 12.8. The molecular weight excluding hydrogens is 418 g/mol. The Labute approximate surface area is 201 Å². The molecule has 3 unspecified atom stereocenters. The summed E-state index contributed by atoms with van der Waals surface area (Å²) in [5.41, 5.74) is 0. The van der Waals surface area contributed by atoms with Gasteiger partial charge in [-0.05, 0) is 57.9 Å². The van der Waals surface area contributed by atoms with E-state index < -0.39 is 0 Å². The minimum Gasteiger partial charge on any atom is -0.465 e. The molecule has 0 spiro atoms. The summed E-state index contributed by atoms with van der Waals surface area (Å²) in [5.74, 6) is 0.198. The predicted octanol–water partition coefficient (Wildman–Crippen LogP) is 4.12. The third kappa shape index (κ3) is 16.4. The molecule has 7 nitrogen and oxygen atoms in total. The van der Waals surface area contributed by atoms with Crippen LogP contribution in [-0.2, 0) is 19.1 Å². The zero-order valence-electron chi connectivity index (χ0n) is 21.7. The summed E-state index contributed by atoms with van der Waals surface area (Å²) in [7, 11) is 3.43. The van der Waals surface area contributed by atoms with E-state index >= 15 is 0 Å². The van der Waals surface area contributed by atoms with E-state index in [0.29, 0.717) is 31.8 Å². The third-order valence-corrected chi connectivity index (χ3v) is 5.90. The number of allylic oxidation sites excluding steroid dienone is 2. The van der Waals surface area contributed by atoms with Gasteiger partial charge < -0.3 is 20.7 Å². The van der Waals surface area contributed by atoms with E-state index in [-0.39, 0.29) is 29.9 Å². The van der Waals surface area contributed by atoms with Gasteiger partial charge in [0.15, 0.2) is 0 Å². The highest BCUT2D eigenvalue weighted by molar-refractivity contribution is 5.82. The van der Waals surface area contributed by atoms with E-state index in [0.717, 1.165) is 32.1 Å². The minimum atomic E-state index is -0.212. The molecule has 0 aliphatic rings. The fourth-order valence-corrected chi connectivity index (χ4v) is 3.88. The first kappa shape index (κ1) is 31.1. The molecule has 0 aromatic heterocycles. The fraction of sp³-hybridized carbons (Fsp3) is 0.808. The van der Waals surface area contributed by atoms with Crippen molar-refractivity contribution in [2.24, 2.45) is 11.8 Å². The number of ether oxygens (including phenoxy) is 1. The first-order valence-corrected chi connectivity index (χ1v) is 12.8. The van der Waals surface area contributed by atoms with E-state index in [9.17, 15) is 14.4 Å². The van der Waals surface area contributed by atoms with Gasteiger partial charge in [0.25, 0.3) is 6.47 Å². The van der Waals surface area contributed by atoms with Crippen molar-refractivity contribution in [3.05, 3.63) is 12.2 Å². The zero-order chi connectivity index (χ0) is 24.9. The number of carbonyl (C=O) groups is 3. The number of carbonyl (C=O) groups excluding carboxylic acids is 3. The van der Waals surface area contributed by atoms with Crippen LogP contribution in [0.4, 0.5) is 0 Å². The van der Waals surface area contributed by atoms with Crippen LogP contribution in [0.5, 0.6) is 0 Å². The second-order valence-corrected chi connectivity index (χ2v) is 9.20. The number of hydrogen-bond donors (Lipinski definition) is 3. The molecule has 0 heterocycles. The van der Waals surface area contributed by atoms with Gasteiger partial charge in [-0.15, -0.1) is 0 Å². The van der Waals surface area contributed by atoms with Gasteiger partial charge in [0.05, 0.1) is 6.04 Å². The van der Waals surface area contributed by atoms with Gasteiger partial charge in [-0.2, -0.15) is 0 Å². The summed E-state index contributed by atoms with van der Waals surface area (Å²) in [4.78, 5) is 35.4. The van der Waals surface area contributed by atoms with Crippen LogP contribution in [0.15, 0.2) is 12.2 Å². The monoisotopic (exact) mass is 467 g/mol. The average Bonchev–Trinajstić information content (AvgIpc) is 2.79. The van der Waals surface area contributed by atoms with Crippen LogP contribution < -0.4 is 16.0 Å². The van der Waals surface area contributed by atoms with Crippen molar-refractivity contribution >= 4 is 18.3 Å². The summed E-state index contributed by atoms with van der Waals surface area (Å²) in [6, 6.07) is -0.212. The van der Waals surface area contributed by atoms with Gasteiger partial charge in [-0.3, -0.25) is 14.4 Å². The molecule has 2 amide bonds. The minimum absolute atomic E-state index is 0.0181. The zero-order valence-corrected chi connectivity index (χ0v) is 21.7. The van der Waals surface area contributed by atoms with Crippen LogP contribution in [-0.4, -0.2) is 51.1 Å². The summed E-state index contributed by atoms with van der Waals surface area (Å²) in [6.45, 7) is 7.39. The Balaban J connectivity index is 4.42. The second kappa shape index (κ2) is 20.7. The molecule has 0 aromatic carbocycles. The van der Waals surface area contributed by atoms with E-state index in [1.165, 1.54) is 25.7 Å². The molecule has 33 heavy (non-hydrogen) atoms. The van der Waals surface area contributed by atoms with Crippen molar-refractivity contribution in [3.8, 4) is 0 Å². The topological polar surface area (TPSA) is 96.5 Å². The Hall–Kier alpha value is -1.89. The van der Waals surface area contributed by atoms with Crippen molar-refractivity contribution in [3.63, 3.8) is 0 Å². The standard InChI is InChI=1S/C26H49N3O4/c1-6-7-8-9-12-15-23(33-20-30)16-13-10-11-14-22(25(31)28-5)17-18-29-26(32)24(27-4)19-21(2)3/h10-11,20-24,27H,6-9,12-19H2,1-5H3,(H,28,31)(H,29,32)/b11-10+. The number of unbranched alkanes of at least 4 members (excludes halogenated alkanes) is 4. The Morgan fingerprint density at radius 3 is 2.27 bits per heavy atom. The van der Waals surface area contributed by atoms with Crippen LogP contribution in [0.25, 0.3) is 0 Å². The highest BCUT2D eigenvalue weighted by Gasteiger charge is 2.19. The molecule has 0 saturated carbocycles. The lowest BCUT2D eigenvalue weighted by molar-refractivity contribution is -0.134. The van der Waals surface area contributed by atoms with Gasteiger partial charge >= 0.3 is 0 Å². The van der Waals surface area contributed by atoms with Gasteiger partial charge in [-0.25, -0.2) is 0 Å². The van der Waals surface area contributed by atoms with Gasteiger partial charge in [0, 0.05) is 19.5 Å². The van der Waals surface area contributed by atoms with E-state index in [2.05, 4.69) is 42.8 Å². The lowest BCUT2D eigenvalue weighted by Crippen LogP contribution is -2.44. The Morgan fingerprint density at radius 1 is 0.939 bits per heavy atom. The van der Waals surface area contributed by atoms with Crippen molar-refractivity contribution in [2.75, 3.05) is 20.6 Å². The molecule has 0 aliphatic heterocycles. The summed E-state index contributed by atoms with van der Waals surface area (Å²) in [6.07, 6.45) is 14.5. The average molecular weight is 468 g/mol. The lowest BCUT2D eigenvalue weighted by atomic mass is 9.99. The van der Waals surface area contributed by atoms with Crippen molar-refractivity contribution in [1.29, 1.82) is 0 Å². The number of amides is 2. The highest BCUT2D eigenvalue weighted by Crippen LogP contribution is 2.15. The van der Waals surface area contributed by atoms with Gasteiger partial charge in [0.1, 0.15) is 6.10 Å².